The second-order valence-corrected chi connectivity index (χ2v) is 11.1. The van der Waals surface area contributed by atoms with Gasteiger partial charge in [-0.05, 0) is 47.4 Å². The van der Waals surface area contributed by atoms with E-state index < -0.39 is 41.9 Å². The van der Waals surface area contributed by atoms with Crippen LogP contribution in [-0.4, -0.2) is 69.0 Å². The second kappa shape index (κ2) is 11.5. The molecule has 3 aromatic carbocycles. The Kier molecular flexibility index (Phi) is 7.79. The maximum absolute atomic E-state index is 13.7. The lowest BCUT2D eigenvalue weighted by molar-refractivity contribution is -0.145. The molecule has 42 heavy (non-hydrogen) atoms. The number of fused-ring (bicyclic) bond motifs is 5. The lowest BCUT2D eigenvalue weighted by atomic mass is 9.76. The summed E-state index contributed by atoms with van der Waals surface area (Å²) in [6.45, 7) is 2.47. The van der Waals surface area contributed by atoms with E-state index in [4.69, 9.17) is 23.7 Å². The van der Waals surface area contributed by atoms with Crippen molar-refractivity contribution in [2.75, 3.05) is 27.9 Å². The minimum Gasteiger partial charge on any atom is -0.497 e. The van der Waals surface area contributed by atoms with Crippen molar-refractivity contribution in [1.82, 2.24) is 4.90 Å². The first-order chi connectivity index (χ1) is 20.5. The molecule has 3 saturated heterocycles. The van der Waals surface area contributed by atoms with Gasteiger partial charge >= 0.3 is 0 Å². The summed E-state index contributed by atoms with van der Waals surface area (Å²) in [7, 11) is 4.88. The number of ether oxygens (including phenoxy) is 5. The number of amides is 2. The fourth-order valence-electron chi connectivity index (χ4n) is 6.93. The number of hydrogen-bond acceptors (Lipinski definition) is 7. The van der Waals surface area contributed by atoms with Crippen molar-refractivity contribution in [1.29, 1.82) is 0 Å². The number of carbonyl (C=O) groups is 2. The van der Waals surface area contributed by atoms with Crippen LogP contribution in [0.15, 0.2) is 78.9 Å². The van der Waals surface area contributed by atoms with Crippen LogP contribution in [0, 0.1) is 11.8 Å². The molecule has 3 fully saturated rings. The van der Waals surface area contributed by atoms with E-state index in [0.29, 0.717) is 6.54 Å². The fraction of sp³-hybridized carbons (Fsp3) is 0.412. The summed E-state index contributed by atoms with van der Waals surface area (Å²) in [5, 5.41) is 0. The van der Waals surface area contributed by atoms with Crippen LogP contribution in [0.3, 0.4) is 0 Å². The van der Waals surface area contributed by atoms with E-state index in [1.807, 2.05) is 85.8 Å². The minimum absolute atomic E-state index is 0.161. The molecular formula is C34H37NO7. The zero-order chi connectivity index (χ0) is 29.4. The monoisotopic (exact) mass is 571 g/mol. The number of likely N-dealkylation sites (tertiary alicyclic amines) is 1. The summed E-state index contributed by atoms with van der Waals surface area (Å²) in [5.41, 5.74) is 1.52. The zero-order valence-electron chi connectivity index (χ0n) is 24.4. The number of benzene rings is 3. The first-order valence-corrected chi connectivity index (χ1v) is 14.5. The average molecular weight is 572 g/mol. The summed E-state index contributed by atoms with van der Waals surface area (Å²) < 4.78 is 30.7. The molecule has 0 N–H and O–H groups in total. The smallest absolute Gasteiger partial charge is 0.235 e. The van der Waals surface area contributed by atoms with Crippen LogP contribution in [0.5, 0.6) is 11.5 Å². The van der Waals surface area contributed by atoms with Crippen molar-refractivity contribution < 1.29 is 33.3 Å². The van der Waals surface area contributed by atoms with Gasteiger partial charge in [0.05, 0.1) is 38.3 Å². The van der Waals surface area contributed by atoms with E-state index >= 15 is 0 Å². The molecule has 0 aromatic heterocycles. The predicted molar refractivity (Wildman–Crippen MR) is 155 cm³/mol. The molecular weight excluding hydrogens is 534 g/mol. The number of nitrogens with zero attached hydrogens (tertiary/aromatic N) is 1. The summed E-state index contributed by atoms with van der Waals surface area (Å²) in [5.74, 6) is -0.0512. The summed E-state index contributed by atoms with van der Waals surface area (Å²) in [6.07, 6.45) is -0.712. The number of rotatable bonds is 11. The van der Waals surface area contributed by atoms with Crippen molar-refractivity contribution in [3.05, 3.63) is 95.6 Å². The first kappa shape index (κ1) is 28.4. The van der Waals surface area contributed by atoms with Crippen molar-refractivity contribution in [3.63, 3.8) is 0 Å². The molecule has 0 radical (unpaired) electrons. The summed E-state index contributed by atoms with van der Waals surface area (Å²) in [4.78, 5) is 28.5. The second-order valence-electron chi connectivity index (χ2n) is 11.1. The highest BCUT2D eigenvalue weighted by molar-refractivity contribution is 6.06. The molecule has 2 bridgehead atoms. The van der Waals surface area contributed by atoms with E-state index in [1.165, 1.54) is 4.90 Å². The van der Waals surface area contributed by atoms with E-state index in [0.717, 1.165) is 41.0 Å². The van der Waals surface area contributed by atoms with Crippen molar-refractivity contribution >= 4 is 11.8 Å². The average Bonchev–Trinajstić information content (AvgIpc) is 3.67. The highest BCUT2D eigenvalue weighted by Gasteiger charge is 2.70. The van der Waals surface area contributed by atoms with Gasteiger partial charge in [0.2, 0.25) is 11.8 Å². The molecule has 8 nitrogen and oxygen atoms in total. The topological polar surface area (TPSA) is 83.5 Å². The van der Waals surface area contributed by atoms with Gasteiger partial charge in [-0.2, -0.15) is 0 Å². The third kappa shape index (κ3) is 4.40. The molecule has 2 amide bonds. The Balaban J connectivity index is 1.48. The lowest BCUT2D eigenvalue weighted by Crippen LogP contribution is -2.53. The maximum atomic E-state index is 13.7. The Morgan fingerprint density at radius 1 is 0.714 bits per heavy atom. The fourth-order valence-corrected chi connectivity index (χ4v) is 6.93. The number of carbonyl (C=O) groups excluding carboxylic acids is 2. The Labute approximate surface area is 246 Å². The standard InChI is InChI=1S/C34H37NO7/c1-5-6-20-35-32(36)26-27(33(35)37)29-31(30(40-4)28(26)41-29)42-34(21-10-8-7-9-11-21,22-12-16-24(38-2)17-13-22)23-14-18-25(39-3)19-15-23/h7-19,26-31H,5-6,20H2,1-4H3/t26?,27?,28?,29?,30-,31+/m0/s1. The molecule has 3 aliphatic heterocycles. The Morgan fingerprint density at radius 3 is 1.69 bits per heavy atom. The van der Waals surface area contributed by atoms with Crippen LogP contribution in [0.2, 0.25) is 0 Å². The Morgan fingerprint density at radius 2 is 1.21 bits per heavy atom. The summed E-state index contributed by atoms with van der Waals surface area (Å²) in [6, 6.07) is 25.6. The highest BCUT2D eigenvalue weighted by atomic mass is 16.6. The van der Waals surface area contributed by atoms with E-state index in [2.05, 4.69) is 0 Å². The molecule has 0 spiro atoms. The van der Waals surface area contributed by atoms with Crippen LogP contribution in [0.4, 0.5) is 0 Å². The Hall–Kier alpha value is -3.72. The van der Waals surface area contributed by atoms with Gasteiger partial charge in [-0.15, -0.1) is 0 Å². The normalized spacial score (nSPS) is 26.5. The minimum atomic E-state index is -1.11. The largest absolute Gasteiger partial charge is 0.497 e. The molecule has 8 heteroatoms. The van der Waals surface area contributed by atoms with Gasteiger partial charge in [0.1, 0.15) is 29.3 Å². The van der Waals surface area contributed by atoms with Crippen molar-refractivity contribution in [2.45, 2.75) is 49.8 Å². The Bertz CT molecular complexity index is 1360. The van der Waals surface area contributed by atoms with Gasteiger partial charge in [-0.1, -0.05) is 67.9 Å². The van der Waals surface area contributed by atoms with Gasteiger partial charge in [-0.25, -0.2) is 0 Å². The highest BCUT2D eigenvalue weighted by Crippen LogP contribution is 2.53. The molecule has 4 unspecified atom stereocenters. The number of hydrogen-bond donors (Lipinski definition) is 0. The maximum Gasteiger partial charge on any atom is 0.235 e. The van der Waals surface area contributed by atoms with Crippen LogP contribution in [-0.2, 0) is 29.4 Å². The molecule has 3 aromatic rings. The van der Waals surface area contributed by atoms with Crippen molar-refractivity contribution in [3.8, 4) is 11.5 Å². The number of methoxy groups -OCH3 is 3. The molecule has 0 saturated carbocycles. The van der Waals surface area contributed by atoms with E-state index in [1.54, 1.807) is 21.3 Å². The SMILES string of the molecule is CCCCN1C(=O)C2C(C1=O)C1OC2[C@@H](OC(c2ccccc2)(c2ccc(OC)cc2)c2ccc(OC)cc2)[C@H]1OC. The van der Waals surface area contributed by atoms with Crippen LogP contribution in [0.1, 0.15) is 36.5 Å². The van der Waals surface area contributed by atoms with Crippen LogP contribution in [0.25, 0.3) is 0 Å². The van der Waals surface area contributed by atoms with Gasteiger partial charge in [0.15, 0.2) is 0 Å². The number of unbranched alkanes of at least 4 members (excludes halogenated alkanes) is 1. The van der Waals surface area contributed by atoms with Gasteiger partial charge in [0, 0.05) is 13.7 Å². The van der Waals surface area contributed by atoms with Crippen LogP contribution >= 0.6 is 0 Å². The van der Waals surface area contributed by atoms with Gasteiger partial charge < -0.3 is 23.7 Å². The molecule has 3 heterocycles. The van der Waals surface area contributed by atoms with Gasteiger partial charge in [-0.3, -0.25) is 14.5 Å². The molecule has 6 rings (SSSR count). The molecule has 220 valence electrons. The summed E-state index contributed by atoms with van der Waals surface area (Å²) >= 11 is 0. The number of imide groups is 1. The third-order valence-corrected chi connectivity index (χ3v) is 8.98. The zero-order valence-corrected chi connectivity index (χ0v) is 24.4. The molecule has 6 atom stereocenters. The molecule has 3 aliphatic rings. The van der Waals surface area contributed by atoms with Crippen molar-refractivity contribution in [2.24, 2.45) is 11.8 Å². The molecule has 0 aliphatic carbocycles. The van der Waals surface area contributed by atoms with Crippen LogP contribution < -0.4 is 9.47 Å². The lowest BCUT2D eigenvalue weighted by Gasteiger charge is -2.42. The quantitative estimate of drug-likeness (QED) is 0.246. The van der Waals surface area contributed by atoms with Gasteiger partial charge in [0.25, 0.3) is 0 Å². The first-order valence-electron chi connectivity index (χ1n) is 14.5. The van der Waals surface area contributed by atoms with E-state index in [9.17, 15) is 9.59 Å². The predicted octanol–water partition coefficient (Wildman–Crippen LogP) is 4.58. The van der Waals surface area contributed by atoms with E-state index in [-0.39, 0.29) is 11.8 Å². The third-order valence-electron chi connectivity index (χ3n) is 8.98.